The van der Waals surface area contributed by atoms with Gasteiger partial charge in [0, 0.05) is 11.1 Å². The zero-order chi connectivity index (χ0) is 10.1. The Bertz CT molecular complexity index is 174. The fourth-order valence-electron chi connectivity index (χ4n) is 0.631. The number of nitrogens with one attached hydrogen (secondary N) is 1. The van der Waals surface area contributed by atoms with Crippen LogP contribution in [0.15, 0.2) is 0 Å². The lowest BCUT2D eigenvalue weighted by molar-refractivity contribution is -0.183. The number of carbonyl (C=O) groups is 2. The molecule has 0 aromatic heterocycles. The zero-order valence-electron chi connectivity index (χ0n) is 7.34. The van der Waals surface area contributed by atoms with Gasteiger partial charge in [0.25, 0.3) is 0 Å². The molecule has 0 aliphatic heterocycles. The van der Waals surface area contributed by atoms with E-state index in [1.54, 1.807) is 6.92 Å². The molecule has 0 saturated heterocycles. The van der Waals surface area contributed by atoms with E-state index in [1.807, 2.05) is 0 Å². The molecule has 0 saturated carbocycles. The van der Waals surface area contributed by atoms with E-state index in [2.05, 4.69) is 15.0 Å². The molecule has 0 fully saturated rings. The number of hydrogen-bond donors (Lipinski definition) is 1. The highest BCUT2D eigenvalue weighted by Crippen LogP contribution is 1.84. The van der Waals surface area contributed by atoms with Crippen LogP contribution in [0.2, 0.25) is 0 Å². The van der Waals surface area contributed by atoms with E-state index < -0.39 is 11.9 Å². The van der Waals surface area contributed by atoms with Gasteiger partial charge in [-0.1, -0.05) is 0 Å². The average Bonchev–Trinajstić information content (AvgIpc) is 2.12. The minimum Gasteiger partial charge on any atom is -0.465 e. The molecule has 0 unspecified atom stereocenters. The van der Waals surface area contributed by atoms with Crippen molar-refractivity contribution in [1.82, 2.24) is 5.32 Å². The lowest BCUT2D eigenvalue weighted by Crippen LogP contribution is -2.26. The Morgan fingerprint density at radius 1 is 1.38 bits per heavy atom. The minimum absolute atomic E-state index is 0.00735. The van der Waals surface area contributed by atoms with E-state index in [4.69, 9.17) is 0 Å². The molecule has 0 amide bonds. The first-order valence-corrected chi connectivity index (χ1v) is 3.88. The van der Waals surface area contributed by atoms with Gasteiger partial charge in [0.05, 0.1) is 19.6 Å². The van der Waals surface area contributed by atoms with Gasteiger partial charge < -0.3 is 10.1 Å². The number of hydrogen-bond acceptors (Lipinski definition) is 5. The fourth-order valence-corrected chi connectivity index (χ4v) is 0.631. The van der Waals surface area contributed by atoms with Crippen LogP contribution in [0.3, 0.4) is 0 Å². The van der Waals surface area contributed by atoms with E-state index in [-0.39, 0.29) is 19.5 Å². The van der Waals surface area contributed by atoms with Crippen LogP contribution in [0.25, 0.3) is 0 Å². The Labute approximate surface area is 75.1 Å². The minimum atomic E-state index is -0.962. The van der Waals surface area contributed by atoms with Crippen molar-refractivity contribution < 1.29 is 23.8 Å². The summed E-state index contributed by atoms with van der Waals surface area (Å²) in [6.45, 7) is 2.19. The SMILES string of the molecule is CCOC(=O)CNCCC(=O)OF. The summed E-state index contributed by atoms with van der Waals surface area (Å²) in [7, 11) is 0. The van der Waals surface area contributed by atoms with Gasteiger partial charge in [0.2, 0.25) is 0 Å². The predicted molar refractivity (Wildman–Crippen MR) is 41.3 cm³/mol. The van der Waals surface area contributed by atoms with Crippen molar-refractivity contribution in [2.75, 3.05) is 19.7 Å². The maximum atomic E-state index is 11.1. The average molecular weight is 193 g/mol. The van der Waals surface area contributed by atoms with E-state index in [0.717, 1.165) is 0 Å². The van der Waals surface area contributed by atoms with Crippen molar-refractivity contribution in [2.45, 2.75) is 13.3 Å². The molecule has 0 aromatic rings. The lowest BCUT2D eigenvalue weighted by Gasteiger charge is -2.02. The Morgan fingerprint density at radius 2 is 2.08 bits per heavy atom. The van der Waals surface area contributed by atoms with Crippen LogP contribution in [-0.4, -0.2) is 31.6 Å². The van der Waals surface area contributed by atoms with E-state index in [1.165, 1.54) is 0 Å². The van der Waals surface area contributed by atoms with Gasteiger partial charge in [0.1, 0.15) is 0 Å². The maximum Gasteiger partial charge on any atom is 0.350 e. The second-order valence-corrected chi connectivity index (χ2v) is 2.18. The van der Waals surface area contributed by atoms with Crippen LogP contribution in [-0.2, 0) is 19.3 Å². The summed E-state index contributed by atoms with van der Waals surface area (Å²) in [5.74, 6) is -1.37. The van der Waals surface area contributed by atoms with Crippen LogP contribution >= 0.6 is 0 Å². The molecule has 0 aliphatic rings. The molecule has 0 aromatic carbocycles. The molecule has 0 rings (SSSR count). The summed E-state index contributed by atoms with van der Waals surface area (Å²) < 4.78 is 15.7. The molecule has 0 heterocycles. The first kappa shape index (κ1) is 11.8. The molecule has 5 nitrogen and oxygen atoms in total. The summed E-state index contributed by atoms with van der Waals surface area (Å²) >= 11 is 0. The molecule has 0 atom stereocenters. The van der Waals surface area contributed by atoms with Crippen molar-refractivity contribution >= 4 is 11.9 Å². The van der Waals surface area contributed by atoms with Crippen molar-refractivity contribution in [3.8, 4) is 0 Å². The first-order valence-electron chi connectivity index (χ1n) is 3.88. The zero-order valence-corrected chi connectivity index (χ0v) is 7.34. The molecular formula is C7H12FNO4. The Balaban J connectivity index is 3.25. The maximum absolute atomic E-state index is 11.1. The molecule has 76 valence electrons. The number of esters is 1. The molecule has 1 N–H and O–H groups in total. The van der Waals surface area contributed by atoms with E-state index in [9.17, 15) is 14.1 Å². The third-order valence-corrected chi connectivity index (χ3v) is 1.17. The van der Waals surface area contributed by atoms with E-state index in [0.29, 0.717) is 6.61 Å². The highest BCUT2D eigenvalue weighted by molar-refractivity contribution is 5.72. The van der Waals surface area contributed by atoms with E-state index >= 15 is 0 Å². The van der Waals surface area contributed by atoms with Gasteiger partial charge in [0.15, 0.2) is 0 Å². The van der Waals surface area contributed by atoms with Crippen molar-refractivity contribution in [3.63, 3.8) is 0 Å². The molecular weight excluding hydrogens is 181 g/mol. The van der Waals surface area contributed by atoms with Gasteiger partial charge in [-0.2, -0.15) is 0 Å². The molecule has 13 heavy (non-hydrogen) atoms. The number of halogens is 1. The van der Waals surface area contributed by atoms with Crippen molar-refractivity contribution in [3.05, 3.63) is 0 Å². The number of rotatable bonds is 6. The standard InChI is InChI=1S/C7H12FNO4/c1-2-12-7(11)5-9-4-3-6(10)13-8/h9H,2-5H2,1H3. The first-order chi connectivity index (χ1) is 6.20. The Kier molecular flexibility index (Phi) is 6.80. The number of ether oxygens (including phenoxy) is 1. The fraction of sp³-hybridized carbons (Fsp3) is 0.714. The van der Waals surface area contributed by atoms with Gasteiger partial charge in [-0.05, 0) is 6.92 Å². The highest BCUT2D eigenvalue weighted by atomic mass is 19.3. The second-order valence-electron chi connectivity index (χ2n) is 2.18. The van der Waals surface area contributed by atoms with Crippen LogP contribution in [0, 0.1) is 0 Å². The molecule has 0 radical (unpaired) electrons. The third-order valence-electron chi connectivity index (χ3n) is 1.17. The Morgan fingerprint density at radius 3 is 2.62 bits per heavy atom. The van der Waals surface area contributed by atoms with Crippen LogP contribution in [0.4, 0.5) is 4.53 Å². The van der Waals surface area contributed by atoms with Gasteiger partial charge in [-0.15, -0.1) is 0 Å². The van der Waals surface area contributed by atoms with Gasteiger partial charge >= 0.3 is 11.9 Å². The summed E-state index contributed by atoms with van der Waals surface area (Å²) in [6.07, 6.45) is -0.115. The molecule has 6 heteroatoms. The number of carbonyl (C=O) groups excluding carboxylic acids is 2. The van der Waals surface area contributed by atoms with Gasteiger partial charge in [-0.25, -0.2) is 4.79 Å². The van der Waals surface area contributed by atoms with Gasteiger partial charge in [-0.3, -0.25) is 9.74 Å². The summed E-state index contributed by atoms with van der Waals surface area (Å²) in [5, 5.41) is 2.59. The largest absolute Gasteiger partial charge is 0.465 e. The topological polar surface area (TPSA) is 64.6 Å². The summed E-state index contributed by atoms with van der Waals surface area (Å²) in [5.41, 5.74) is 0. The quantitative estimate of drug-likeness (QED) is 0.473. The third kappa shape index (κ3) is 7.20. The van der Waals surface area contributed by atoms with Crippen LogP contribution in [0.5, 0.6) is 0 Å². The highest BCUT2D eigenvalue weighted by Gasteiger charge is 2.04. The van der Waals surface area contributed by atoms with Crippen LogP contribution in [0.1, 0.15) is 13.3 Å². The van der Waals surface area contributed by atoms with Crippen molar-refractivity contribution in [1.29, 1.82) is 0 Å². The Hall–Kier alpha value is -1.17. The normalized spacial score (nSPS) is 9.38. The lowest BCUT2D eigenvalue weighted by atomic mass is 10.4. The summed E-state index contributed by atoms with van der Waals surface area (Å²) in [4.78, 5) is 23.8. The van der Waals surface area contributed by atoms with Crippen molar-refractivity contribution in [2.24, 2.45) is 0 Å². The molecule has 0 spiro atoms. The summed E-state index contributed by atoms with van der Waals surface area (Å²) in [6, 6.07) is 0. The molecule has 0 bridgehead atoms. The molecule has 0 aliphatic carbocycles. The second kappa shape index (κ2) is 7.48. The predicted octanol–water partition coefficient (Wildman–Crippen LogP) is -0.0431. The smallest absolute Gasteiger partial charge is 0.350 e. The monoisotopic (exact) mass is 193 g/mol. The van der Waals surface area contributed by atoms with Crippen LogP contribution < -0.4 is 5.32 Å².